The molecule has 1 heterocycles. The first-order valence-electron chi connectivity index (χ1n) is 6.61. The van der Waals surface area contributed by atoms with Crippen molar-refractivity contribution < 1.29 is 18.6 Å². The first-order valence-corrected chi connectivity index (χ1v) is 7.42. The molecule has 1 aromatic carbocycles. The largest absolute Gasteiger partial charge is 0.434 e. The molecule has 1 N–H and O–H groups in total. The average Bonchev–Trinajstić information content (AvgIpc) is 2.87. The Labute approximate surface area is 127 Å². The fourth-order valence-corrected chi connectivity index (χ4v) is 3.04. The molecule has 0 aliphatic heterocycles. The molecule has 0 amide bonds. The van der Waals surface area contributed by atoms with Crippen LogP contribution in [0.5, 0.6) is 5.75 Å². The second-order valence-electron chi connectivity index (χ2n) is 5.77. The van der Waals surface area contributed by atoms with Gasteiger partial charge in [-0.2, -0.15) is 8.78 Å². The van der Waals surface area contributed by atoms with Crippen LogP contribution in [-0.2, 0) is 5.41 Å². The van der Waals surface area contributed by atoms with E-state index in [0.29, 0.717) is 10.4 Å². The summed E-state index contributed by atoms with van der Waals surface area (Å²) >= 11 is 1.48. The molecule has 2 nitrogen and oxygen atoms in total. The van der Waals surface area contributed by atoms with Crippen LogP contribution in [0.1, 0.15) is 42.2 Å². The Balaban J connectivity index is 2.32. The standard InChI is InChI=1S/C16H18F2O2S/c1-16(2,3)13-9-8-12(21-13)14(19)10-6-4-5-7-11(10)20-15(17)18/h4-9,14-15,19H,1-3H3. The minimum Gasteiger partial charge on any atom is -0.434 e. The van der Waals surface area contributed by atoms with Gasteiger partial charge in [-0.05, 0) is 23.6 Å². The Kier molecular flexibility index (Phi) is 4.64. The van der Waals surface area contributed by atoms with E-state index in [1.54, 1.807) is 18.2 Å². The summed E-state index contributed by atoms with van der Waals surface area (Å²) in [6.45, 7) is 3.35. The number of alkyl halides is 2. The van der Waals surface area contributed by atoms with Crippen LogP contribution in [-0.4, -0.2) is 11.7 Å². The maximum Gasteiger partial charge on any atom is 0.387 e. The predicted molar refractivity (Wildman–Crippen MR) is 80.2 cm³/mol. The number of para-hydroxylation sites is 1. The van der Waals surface area contributed by atoms with E-state index in [2.05, 4.69) is 25.5 Å². The summed E-state index contributed by atoms with van der Waals surface area (Å²) in [4.78, 5) is 1.84. The van der Waals surface area contributed by atoms with Crippen LogP contribution in [0, 0.1) is 0 Å². The SMILES string of the molecule is CC(C)(C)c1ccc(C(O)c2ccccc2OC(F)F)s1. The van der Waals surface area contributed by atoms with Crippen LogP contribution < -0.4 is 4.74 Å². The number of hydrogen-bond donors (Lipinski definition) is 1. The molecule has 1 atom stereocenters. The fourth-order valence-electron chi connectivity index (χ4n) is 1.97. The maximum atomic E-state index is 12.4. The highest BCUT2D eigenvalue weighted by Crippen LogP contribution is 2.37. The van der Waals surface area contributed by atoms with E-state index in [0.717, 1.165) is 4.88 Å². The zero-order valence-electron chi connectivity index (χ0n) is 12.1. The second kappa shape index (κ2) is 6.12. The predicted octanol–water partition coefficient (Wildman–Crippen LogP) is 4.73. The topological polar surface area (TPSA) is 29.5 Å². The molecule has 0 aliphatic rings. The van der Waals surface area contributed by atoms with E-state index in [-0.39, 0.29) is 11.2 Å². The monoisotopic (exact) mass is 312 g/mol. The summed E-state index contributed by atoms with van der Waals surface area (Å²) in [5.41, 5.74) is 0.335. The van der Waals surface area contributed by atoms with Crippen molar-refractivity contribution in [3.63, 3.8) is 0 Å². The van der Waals surface area contributed by atoms with Gasteiger partial charge in [-0.1, -0.05) is 39.0 Å². The highest BCUT2D eigenvalue weighted by atomic mass is 32.1. The molecule has 0 aliphatic carbocycles. The Bertz CT molecular complexity index is 602. The Morgan fingerprint density at radius 1 is 1.10 bits per heavy atom. The van der Waals surface area contributed by atoms with E-state index in [9.17, 15) is 13.9 Å². The van der Waals surface area contributed by atoms with Crippen molar-refractivity contribution in [2.75, 3.05) is 0 Å². The third-order valence-electron chi connectivity index (χ3n) is 3.07. The molecule has 0 spiro atoms. The first kappa shape index (κ1) is 15.9. The summed E-state index contributed by atoms with van der Waals surface area (Å²) in [6.07, 6.45) is -0.971. The van der Waals surface area contributed by atoms with Crippen LogP contribution in [0.25, 0.3) is 0 Å². The summed E-state index contributed by atoms with van der Waals surface area (Å²) in [7, 11) is 0. The van der Waals surface area contributed by atoms with E-state index in [1.807, 2.05) is 12.1 Å². The third kappa shape index (κ3) is 3.80. The molecule has 0 saturated carbocycles. The third-order valence-corrected chi connectivity index (χ3v) is 4.63. The van der Waals surface area contributed by atoms with E-state index < -0.39 is 12.7 Å². The number of benzene rings is 1. The van der Waals surface area contributed by atoms with Crippen LogP contribution in [0.3, 0.4) is 0 Å². The zero-order chi connectivity index (χ0) is 15.6. The summed E-state index contributed by atoms with van der Waals surface area (Å²) < 4.78 is 29.3. The molecule has 21 heavy (non-hydrogen) atoms. The van der Waals surface area contributed by atoms with E-state index >= 15 is 0 Å². The molecule has 2 aromatic rings. The van der Waals surface area contributed by atoms with Gasteiger partial charge in [0.25, 0.3) is 0 Å². The summed E-state index contributed by atoms with van der Waals surface area (Å²) in [6, 6.07) is 10.1. The lowest BCUT2D eigenvalue weighted by Crippen LogP contribution is -2.08. The van der Waals surface area contributed by atoms with Crippen molar-refractivity contribution >= 4 is 11.3 Å². The van der Waals surface area contributed by atoms with E-state index in [1.165, 1.54) is 17.4 Å². The number of hydrogen-bond acceptors (Lipinski definition) is 3. The number of aliphatic hydroxyl groups excluding tert-OH is 1. The van der Waals surface area contributed by atoms with Gasteiger partial charge in [0, 0.05) is 15.3 Å². The number of thiophene rings is 1. The second-order valence-corrected chi connectivity index (χ2v) is 6.89. The average molecular weight is 312 g/mol. The summed E-state index contributed by atoms with van der Waals surface area (Å²) in [5, 5.41) is 10.5. The Morgan fingerprint density at radius 3 is 2.33 bits per heavy atom. The van der Waals surface area contributed by atoms with Gasteiger partial charge in [0.15, 0.2) is 0 Å². The molecule has 5 heteroatoms. The highest BCUT2D eigenvalue weighted by molar-refractivity contribution is 7.12. The lowest BCUT2D eigenvalue weighted by Gasteiger charge is -2.17. The van der Waals surface area contributed by atoms with Crippen molar-refractivity contribution in [1.82, 2.24) is 0 Å². The molecule has 114 valence electrons. The van der Waals surface area contributed by atoms with Crippen molar-refractivity contribution in [2.24, 2.45) is 0 Å². The molecule has 0 fully saturated rings. The van der Waals surface area contributed by atoms with Crippen molar-refractivity contribution in [3.8, 4) is 5.75 Å². The lowest BCUT2D eigenvalue weighted by molar-refractivity contribution is -0.0512. The molecule has 1 aromatic heterocycles. The van der Waals surface area contributed by atoms with Crippen molar-refractivity contribution in [2.45, 2.75) is 38.9 Å². The molecule has 0 radical (unpaired) electrons. The molecule has 0 bridgehead atoms. The smallest absolute Gasteiger partial charge is 0.387 e. The molecular formula is C16H18F2O2S. The number of ether oxygens (including phenoxy) is 1. The Hall–Kier alpha value is -1.46. The fraction of sp³-hybridized carbons (Fsp3) is 0.375. The van der Waals surface area contributed by atoms with Crippen LogP contribution in [0.4, 0.5) is 8.78 Å². The minimum absolute atomic E-state index is 0.00529. The molecule has 0 saturated heterocycles. The van der Waals surface area contributed by atoms with Crippen LogP contribution in [0.15, 0.2) is 36.4 Å². The van der Waals surface area contributed by atoms with Gasteiger partial charge in [0.2, 0.25) is 0 Å². The molecule has 1 unspecified atom stereocenters. The van der Waals surface area contributed by atoms with Gasteiger partial charge in [-0.15, -0.1) is 11.3 Å². The maximum absolute atomic E-state index is 12.4. The highest BCUT2D eigenvalue weighted by Gasteiger charge is 2.22. The molecular weight excluding hydrogens is 294 g/mol. The number of aliphatic hydroxyl groups is 1. The summed E-state index contributed by atoms with van der Waals surface area (Å²) in [5.74, 6) is 0.00529. The van der Waals surface area contributed by atoms with E-state index in [4.69, 9.17) is 0 Å². The quantitative estimate of drug-likeness (QED) is 0.884. The van der Waals surface area contributed by atoms with Gasteiger partial charge in [0.1, 0.15) is 11.9 Å². The first-order chi connectivity index (χ1) is 9.79. The lowest BCUT2D eigenvalue weighted by atomic mass is 9.95. The normalized spacial score (nSPS) is 13.5. The van der Waals surface area contributed by atoms with Gasteiger partial charge < -0.3 is 9.84 Å². The van der Waals surface area contributed by atoms with Gasteiger partial charge >= 0.3 is 6.61 Å². The molecule has 2 rings (SSSR count). The van der Waals surface area contributed by atoms with Crippen molar-refractivity contribution in [3.05, 3.63) is 51.7 Å². The van der Waals surface area contributed by atoms with Gasteiger partial charge in [0.05, 0.1) is 0 Å². The van der Waals surface area contributed by atoms with Gasteiger partial charge in [-0.3, -0.25) is 0 Å². The minimum atomic E-state index is -2.91. The number of rotatable bonds is 4. The zero-order valence-corrected chi connectivity index (χ0v) is 13.0. The van der Waals surface area contributed by atoms with Crippen LogP contribution in [0.2, 0.25) is 0 Å². The van der Waals surface area contributed by atoms with Crippen LogP contribution >= 0.6 is 11.3 Å². The van der Waals surface area contributed by atoms with Gasteiger partial charge in [-0.25, -0.2) is 0 Å². The number of halogens is 2. The Morgan fingerprint density at radius 2 is 1.76 bits per heavy atom. The van der Waals surface area contributed by atoms with Crippen molar-refractivity contribution in [1.29, 1.82) is 0 Å².